The molecule has 0 atom stereocenters. The summed E-state index contributed by atoms with van der Waals surface area (Å²) in [5.74, 6) is -1.24. The zero-order chi connectivity index (χ0) is 20.3. The molecule has 148 valence electrons. The van der Waals surface area contributed by atoms with Crippen LogP contribution in [0.2, 0.25) is 10.2 Å². The van der Waals surface area contributed by atoms with E-state index in [4.69, 9.17) is 23.2 Å². The number of sulfonamides is 1. The molecule has 0 bridgehead atoms. The smallest absolute Gasteiger partial charge is 0.267 e. The summed E-state index contributed by atoms with van der Waals surface area (Å²) in [5.41, 5.74) is 4.77. The summed E-state index contributed by atoms with van der Waals surface area (Å²) in [6.07, 6.45) is 2.90. The SMILES string of the molecule is O=C(NNC(=O)c1cnc(Cl)c(Cl)c1)c1ccc(S(=O)(=O)N2CCCC2)cc1. The van der Waals surface area contributed by atoms with Crippen molar-refractivity contribution in [2.45, 2.75) is 17.7 Å². The van der Waals surface area contributed by atoms with Crippen LogP contribution in [-0.4, -0.2) is 42.6 Å². The van der Waals surface area contributed by atoms with E-state index in [0.717, 1.165) is 12.8 Å². The van der Waals surface area contributed by atoms with Gasteiger partial charge in [-0.1, -0.05) is 23.2 Å². The largest absolute Gasteiger partial charge is 0.271 e. The molecule has 2 heterocycles. The van der Waals surface area contributed by atoms with E-state index in [1.54, 1.807) is 0 Å². The van der Waals surface area contributed by atoms with E-state index in [-0.39, 0.29) is 26.2 Å². The Morgan fingerprint density at radius 1 is 0.964 bits per heavy atom. The summed E-state index contributed by atoms with van der Waals surface area (Å²) in [5, 5.41) is 0.168. The molecule has 0 saturated carbocycles. The van der Waals surface area contributed by atoms with Gasteiger partial charge in [-0.15, -0.1) is 0 Å². The van der Waals surface area contributed by atoms with Gasteiger partial charge in [0.2, 0.25) is 10.0 Å². The number of hydrazine groups is 1. The number of nitrogens with zero attached hydrogens (tertiary/aromatic N) is 2. The van der Waals surface area contributed by atoms with E-state index in [0.29, 0.717) is 13.1 Å². The first-order valence-electron chi connectivity index (χ1n) is 8.31. The predicted octanol–water partition coefficient (Wildman–Crippen LogP) is 2.25. The second-order valence-electron chi connectivity index (χ2n) is 6.04. The quantitative estimate of drug-likeness (QED) is 0.557. The number of nitrogens with one attached hydrogen (secondary N) is 2. The number of benzene rings is 1. The fourth-order valence-electron chi connectivity index (χ4n) is 2.66. The molecule has 1 saturated heterocycles. The van der Waals surface area contributed by atoms with Crippen LogP contribution in [0.5, 0.6) is 0 Å². The van der Waals surface area contributed by atoms with Gasteiger partial charge >= 0.3 is 0 Å². The zero-order valence-electron chi connectivity index (χ0n) is 14.5. The monoisotopic (exact) mass is 442 g/mol. The van der Waals surface area contributed by atoms with Gasteiger partial charge in [-0.05, 0) is 43.2 Å². The Labute approximate surface area is 171 Å². The van der Waals surface area contributed by atoms with Crippen LogP contribution in [0.4, 0.5) is 0 Å². The number of rotatable bonds is 4. The molecular formula is C17H16Cl2N4O4S. The Morgan fingerprint density at radius 3 is 2.11 bits per heavy atom. The minimum atomic E-state index is -3.55. The molecule has 3 rings (SSSR count). The third-order valence-corrected chi connectivity index (χ3v) is 6.77. The topological polar surface area (TPSA) is 108 Å². The minimum absolute atomic E-state index is 0.0613. The number of carbonyl (C=O) groups is 2. The average Bonchev–Trinajstić information content (AvgIpc) is 3.24. The van der Waals surface area contributed by atoms with Gasteiger partial charge in [-0.25, -0.2) is 13.4 Å². The molecule has 0 unspecified atom stereocenters. The van der Waals surface area contributed by atoms with E-state index >= 15 is 0 Å². The summed E-state index contributed by atoms with van der Waals surface area (Å²) < 4.78 is 26.4. The lowest BCUT2D eigenvalue weighted by Crippen LogP contribution is -2.41. The van der Waals surface area contributed by atoms with Crippen molar-refractivity contribution >= 4 is 45.0 Å². The maximum absolute atomic E-state index is 12.5. The average molecular weight is 443 g/mol. The van der Waals surface area contributed by atoms with Crippen LogP contribution in [0.3, 0.4) is 0 Å². The van der Waals surface area contributed by atoms with Crippen LogP contribution < -0.4 is 10.9 Å². The fraction of sp³-hybridized carbons (Fsp3) is 0.235. The number of hydrogen-bond acceptors (Lipinski definition) is 5. The molecule has 1 fully saturated rings. The molecule has 2 N–H and O–H groups in total. The number of amides is 2. The summed E-state index contributed by atoms with van der Waals surface area (Å²) >= 11 is 11.5. The molecule has 2 amide bonds. The Bertz CT molecular complexity index is 1010. The summed E-state index contributed by atoms with van der Waals surface area (Å²) in [6, 6.07) is 6.81. The number of hydrogen-bond donors (Lipinski definition) is 2. The number of pyridine rings is 1. The molecule has 1 aliphatic heterocycles. The normalized spacial score (nSPS) is 14.6. The maximum Gasteiger partial charge on any atom is 0.271 e. The summed E-state index contributed by atoms with van der Waals surface area (Å²) in [7, 11) is -3.55. The Kier molecular flexibility index (Phi) is 6.19. The summed E-state index contributed by atoms with van der Waals surface area (Å²) in [4.78, 5) is 28.1. The van der Waals surface area contributed by atoms with Crippen LogP contribution in [0.25, 0.3) is 0 Å². The maximum atomic E-state index is 12.5. The Hall–Kier alpha value is -2.20. The van der Waals surface area contributed by atoms with E-state index in [9.17, 15) is 18.0 Å². The Balaban J connectivity index is 1.63. The summed E-state index contributed by atoms with van der Waals surface area (Å²) in [6.45, 7) is 1.00. The van der Waals surface area contributed by atoms with Gasteiger partial charge in [0.05, 0.1) is 15.5 Å². The first-order valence-corrected chi connectivity index (χ1v) is 10.5. The number of halogens is 2. The van der Waals surface area contributed by atoms with Gasteiger partial charge in [0.15, 0.2) is 0 Å². The lowest BCUT2D eigenvalue weighted by atomic mass is 10.2. The molecule has 8 nitrogen and oxygen atoms in total. The second-order valence-corrected chi connectivity index (χ2v) is 8.74. The van der Waals surface area contributed by atoms with Gasteiger partial charge in [-0.3, -0.25) is 20.4 Å². The van der Waals surface area contributed by atoms with E-state index in [1.807, 2.05) is 0 Å². The molecule has 0 spiro atoms. The van der Waals surface area contributed by atoms with E-state index in [2.05, 4.69) is 15.8 Å². The molecule has 28 heavy (non-hydrogen) atoms. The first-order chi connectivity index (χ1) is 13.3. The van der Waals surface area contributed by atoms with Gasteiger partial charge in [-0.2, -0.15) is 4.31 Å². The molecule has 0 aliphatic carbocycles. The second kappa shape index (κ2) is 8.44. The van der Waals surface area contributed by atoms with Crippen molar-refractivity contribution in [3.63, 3.8) is 0 Å². The lowest BCUT2D eigenvalue weighted by Gasteiger charge is -2.15. The minimum Gasteiger partial charge on any atom is -0.267 e. The van der Waals surface area contributed by atoms with Crippen molar-refractivity contribution in [3.05, 3.63) is 57.8 Å². The van der Waals surface area contributed by atoms with Crippen LogP contribution >= 0.6 is 23.2 Å². The molecule has 0 radical (unpaired) electrons. The van der Waals surface area contributed by atoms with Crippen molar-refractivity contribution in [3.8, 4) is 0 Å². The zero-order valence-corrected chi connectivity index (χ0v) is 16.8. The standard InChI is InChI=1S/C17H16Cl2N4O4S/c18-14-9-12(10-20-15(14)19)17(25)22-21-16(24)11-3-5-13(6-4-11)28(26,27)23-7-1-2-8-23/h3-6,9-10H,1-2,7-8H2,(H,21,24)(H,22,25). The molecule has 1 aromatic carbocycles. The highest BCUT2D eigenvalue weighted by Crippen LogP contribution is 2.21. The Morgan fingerprint density at radius 2 is 1.54 bits per heavy atom. The van der Waals surface area contributed by atoms with Gasteiger partial charge in [0.25, 0.3) is 11.8 Å². The molecule has 1 aliphatic rings. The molecule has 2 aromatic rings. The molecular weight excluding hydrogens is 427 g/mol. The van der Waals surface area contributed by atoms with Crippen molar-refractivity contribution < 1.29 is 18.0 Å². The van der Waals surface area contributed by atoms with Crippen LogP contribution in [-0.2, 0) is 10.0 Å². The van der Waals surface area contributed by atoms with Crippen molar-refractivity contribution in [2.75, 3.05) is 13.1 Å². The van der Waals surface area contributed by atoms with Crippen molar-refractivity contribution in [1.29, 1.82) is 0 Å². The number of carbonyl (C=O) groups excluding carboxylic acids is 2. The van der Waals surface area contributed by atoms with Crippen LogP contribution in [0.15, 0.2) is 41.4 Å². The van der Waals surface area contributed by atoms with Gasteiger partial charge < -0.3 is 0 Å². The first kappa shape index (κ1) is 20.5. The third kappa shape index (κ3) is 4.44. The highest BCUT2D eigenvalue weighted by atomic mass is 35.5. The van der Waals surface area contributed by atoms with Crippen molar-refractivity contribution in [1.82, 2.24) is 20.1 Å². The third-order valence-electron chi connectivity index (χ3n) is 4.17. The highest BCUT2D eigenvalue weighted by molar-refractivity contribution is 7.89. The van der Waals surface area contributed by atoms with Gasteiger partial charge in [0, 0.05) is 24.8 Å². The predicted molar refractivity (Wildman–Crippen MR) is 104 cm³/mol. The van der Waals surface area contributed by atoms with E-state index < -0.39 is 21.8 Å². The number of aromatic nitrogens is 1. The molecule has 1 aromatic heterocycles. The highest BCUT2D eigenvalue weighted by Gasteiger charge is 2.27. The van der Waals surface area contributed by atoms with Crippen molar-refractivity contribution in [2.24, 2.45) is 0 Å². The van der Waals surface area contributed by atoms with Crippen LogP contribution in [0.1, 0.15) is 33.6 Å². The fourth-order valence-corrected chi connectivity index (χ4v) is 4.45. The van der Waals surface area contributed by atoms with E-state index in [1.165, 1.54) is 40.8 Å². The van der Waals surface area contributed by atoms with Crippen LogP contribution in [0, 0.1) is 0 Å². The lowest BCUT2D eigenvalue weighted by molar-refractivity contribution is 0.0846. The molecule has 11 heteroatoms. The van der Waals surface area contributed by atoms with Gasteiger partial charge in [0.1, 0.15) is 5.15 Å².